The molecular formula is C31H54N4O4S. The Hall–Kier alpha value is -1.68. The molecule has 1 saturated carbocycles. The summed E-state index contributed by atoms with van der Waals surface area (Å²) in [5, 5.41) is 3.18. The maximum Gasteiger partial charge on any atom is 0.243 e. The third kappa shape index (κ3) is 8.91. The molecule has 0 unspecified atom stereocenters. The van der Waals surface area contributed by atoms with Crippen molar-refractivity contribution in [1.29, 1.82) is 0 Å². The predicted octanol–water partition coefficient (Wildman–Crippen LogP) is 4.58. The zero-order chi connectivity index (χ0) is 29.3. The van der Waals surface area contributed by atoms with E-state index in [1.54, 1.807) is 40.1 Å². The zero-order valence-corrected chi connectivity index (χ0v) is 26.7. The molecule has 1 aliphatic heterocycles. The first-order valence-corrected chi connectivity index (χ1v) is 16.9. The Kier molecular flexibility index (Phi) is 12.7. The van der Waals surface area contributed by atoms with Crippen LogP contribution in [0.2, 0.25) is 0 Å². The van der Waals surface area contributed by atoms with Gasteiger partial charge in [-0.2, -0.15) is 0 Å². The van der Waals surface area contributed by atoms with E-state index in [1.165, 1.54) is 62.7 Å². The molecule has 40 heavy (non-hydrogen) atoms. The monoisotopic (exact) mass is 578 g/mol. The molecular weight excluding hydrogens is 524 g/mol. The number of ether oxygens (including phenoxy) is 1. The Balaban J connectivity index is 1.39. The number of rotatable bonds is 14. The van der Waals surface area contributed by atoms with Gasteiger partial charge in [-0.05, 0) is 121 Å². The van der Waals surface area contributed by atoms with E-state index in [-0.39, 0.29) is 29.8 Å². The molecule has 9 heteroatoms. The number of likely N-dealkylation sites (tertiary alicyclic amines) is 1. The first-order chi connectivity index (χ1) is 19.1. The minimum absolute atomic E-state index is 0.0711. The summed E-state index contributed by atoms with van der Waals surface area (Å²) < 4.78 is 33.0. The van der Waals surface area contributed by atoms with Crippen molar-refractivity contribution < 1.29 is 17.9 Å². The quantitative estimate of drug-likeness (QED) is 0.348. The molecule has 2 fully saturated rings. The highest BCUT2D eigenvalue weighted by Gasteiger charge is 2.30. The van der Waals surface area contributed by atoms with Crippen molar-refractivity contribution in [3.63, 3.8) is 0 Å². The molecule has 1 aromatic rings. The second kappa shape index (κ2) is 15.5. The van der Waals surface area contributed by atoms with Crippen LogP contribution in [0, 0.1) is 19.8 Å². The van der Waals surface area contributed by atoms with Crippen LogP contribution in [-0.4, -0.2) is 93.9 Å². The van der Waals surface area contributed by atoms with E-state index in [4.69, 9.17) is 4.74 Å². The summed E-state index contributed by atoms with van der Waals surface area (Å²) in [5.41, 5.74) is 1.29. The van der Waals surface area contributed by atoms with Crippen molar-refractivity contribution in [1.82, 2.24) is 19.4 Å². The van der Waals surface area contributed by atoms with E-state index >= 15 is 0 Å². The van der Waals surface area contributed by atoms with Gasteiger partial charge in [-0.1, -0.05) is 13.8 Å². The number of aryl methyl sites for hydroxylation is 2. The van der Waals surface area contributed by atoms with Crippen molar-refractivity contribution in [2.75, 3.05) is 53.4 Å². The standard InChI is InChI=1S/C31H54N4O4S/c1-7-16-34(17-8-2)23-26-13-19-35(20-14-26)28-11-9-27(10-12-28)32-30(36)15-18-33(5)40(37,38)31-24(3)21-29(39-6)22-25(31)4/h21-22,26-28H,7-20,23H2,1-6H3,(H,32,36). The number of nitrogens with zero attached hydrogens (tertiary/aromatic N) is 3. The summed E-state index contributed by atoms with van der Waals surface area (Å²) in [6.45, 7) is 14.3. The normalized spacial score (nSPS) is 21.2. The van der Waals surface area contributed by atoms with Gasteiger partial charge in [-0.25, -0.2) is 12.7 Å². The minimum Gasteiger partial charge on any atom is -0.497 e. The molecule has 1 aliphatic carbocycles. The van der Waals surface area contributed by atoms with Gasteiger partial charge in [0, 0.05) is 38.6 Å². The number of carbonyl (C=O) groups is 1. The molecule has 228 valence electrons. The summed E-state index contributed by atoms with van der Waals surface area (Å²) in [5.74, 6) is 1.39. The lowest BCUT2D eigenvalue weighted by Crippen LogP contribution is -2.47. The first kappa shape index (κ1) is 32.8. The number of carbonyl (C=O) groups excluding carboxylic acids is 1. The van der Waals surface area contributed by atoms with E-state index < -0.39 is 10.0 Å². The fraction of sp³-hybridized carbons (Fsp3) is 0.774. The number of hydrogen-bond donors (Lipinski definition) is 1. The Morgan fingerprint density at radius 1 is 0.975 bits per heavy atom. The van der Waals surface area contributed by atoms with Gasteiger partial charge < -0.3 is 19.9 Å². The van der Waals surface area contributed by atoms with Crippen LogP contribution < -0.4 is 10.1 Å². The Labute approximate surface area is 243 Å². The van der Waals surface area contributed by atoms with E-state index in [9.17, 15) is 13.2 Å². The lowest BCUT2D eigenvalue weighted by Gasteiger charge is -2.41. The van der Waals surface area contributed by atoms with Crippen molar-refractivity contribution in [3.05, 3.63) is 23.3 Å². The summed E-state index contributed by atoms with van der Waals surface area (Å²) in [4.78, 5) is 18.4. The maximum absolute atomic E-state index is 13.2. The second-order valence-electron chi connectivity index (χ2n) is 12.0. The Bertz CT molecular complexity index is 1020. The van der Waals surface area contributed by atoms with Crippen molar-refractivity contribution in [2.45, 2.75) is 102 Å². The van der Waals surface area contributed by atoms with Crippen LogP contribution in [0.3, 0.4) is 0 Å². The average molecular weight is 579 g/mol. The average Bonchev–Trinajstić information content (AvgIpc) is 2.92. The number of hydrogen-bond acceptors (Lipinski definition) is 6. The summed E-state index contributed by atoms with van der Waals surface area (Å²) in [6, 6.07) is 4.27. The molecule has 2 aliphatic rings. The first-order valence-electron chi connectivity index (χ1n) is 15.5. The molecule has 1 saturated heterocycles. The third-order valence-corrected chi connectivity index (χ3v) is 11.0. The smallest absolute Gasteiger partial charge is 0.243 e. The van der Waals surface area contributed by atoms with Gasteiger partial charge in [0.15, 0.2) is 0 Å². The molecule has 0 aromatic heterocycles. The van der Waals surface area contributed by atoms with Crippen LogP contribution in [0.15, 0.2) is 17.0 Å². The second-order valence-corrected chi connectivity index (χ2v) is 14.0. The molecule has 3 rings (SSSR count). The fourth-order valence-electron chi connectivity index (χ4n) is 6.65. The highest BCUT2D eigenvalue weighted by Crippen LogP contribution is 2.29. The van der Waals surface area contributed by atoms with Crippen LogP contribution in [0.5, 0.6) is 5.75 Å². The lowest BCUT2D eigenvalue weighted by molar-refractivity contribution is -0.122. The van der Waals surface area contributed by atoms with Crippen LogP contribution in [0.25, 0.3) is 0 Å². The number of piperidine rings is 1. The molecule has 0 bridgehead atoms. The van der Waals surface area contributed by atoms with E-state index in [0.717, 1.165) is 31.6 Å². The van der Waals surface area contributed by atoms with Gasteiger partial charge in [0.2, 0.25) is 15.9 Å². The van der Waals surface area contributed by atoms with Gasteiger partial charge in [-0.3, -0.25) is 4.79 Å². The largest absolute Gasteiger partial charge is 0.497 e. The highest BCUT2D eigenvalue weighted by atomic mass is 32.2. The number of sulfonamides is 1. The zero-order valence-electron chi connectivity index (χ0n) is 25.9. The molecule has 8 nitrogen and oxygen atoms in total. The predicted molar refractivity (Wildman–Crippen MR) is 162 cm³/mol. The van der Waals surface area contributed by atoms with Gasteiger partial charge in [-0.15, -0.1) is 0 Å². The van der Waals surface area contributed by atoms with Gasteiger partial charge in [0.25, 0.3) is 0 Å². The van der Waals surface area contributed by atoms with E-state index in [2.05, 4.69) is 29.0 Å². The van der Waals surface area contributed by atoms with E-state index in [0.29, 0.717) is 22.9 Å². The Morgan fingerprint density at radius 3 is 2.08 bits per heavy atom. The fourth-order valence-corrected chi connectivity index (χ4v) is 8.22. The maximum atomic E-state index is 13.2. The summed E-state index contributed by atoms with van der Waals surface area (Å²) in [6.07, 6.45) is 9.46. The van der Waals surface area contributed by atoms with E-state index in [1.807, 2.05) is 0 Å². The van der Waals surface area contributed by atoms with Gasteiger partial charge in [0.1, 0.15) is 5.75 Å². The number of benzene rings is 1. The molecule has 0 radical (unpaired) electrons. The van der Waals surface area contributed by atoms with Gasteiger partial charge >= 0.3 is 0 Å². The van der Waals surface area contributed by atoms with Crippen LogP contribution >= 0.6 is 0 Å². The van der Waals surface area contributed by atoms with Crippen molar-refractivity contribution >= 4 is 15.9 Å². The third-order valence-electron chi connectivity index (χ3n) is 8.81. The van der Waals surface area contributed by atoms with Crippen molar-refractivity contribution in [3.8, 4) is 5.75 Å². The highest BCUT2D eigenvalue weighted by molar-refractivity contribution is 7.89. The molecule has 0 atom stereocenters. The topological polar surface area (TPSA) is 82.2 Å². The van der Waals surface area contributed by atoms with Crippen LogP contribution in [0.4, 0.5) is 0 Å². The van der Waals surface area contributed by atoms with Crippen LogP contribution in [0.1, 0.15) is 82.8 Å². The number of nitrogens with one attached hydrogen (secondary N) is 1. The molecule has 1 amide bonds. The Morgan fingerprint density at radius 2 is 1.55 bits per heavy atom. The number of methoxy groups -OCH3 is 1. The summed E-state index contributed by atoms with van der Waals surface area (Å²) >= 11 is 0. The molecule has 1 N–H and O–H groups in total. The summed E-state index contributed by atoms with van der Waals surface area (Å²) in [7, 11) is -0.586. The SMILES string of the molecule is CCCN(CCC)CC1CCN(C2CCC(NC(=O)CCN(C)S(=O)(=O)c3c(C)cc(OC)cc3C)CC2)CC1. The molecule has 0 spiro atoms. The van der Waals surface area contributed by atoms with Gasteiger partial charge in [0.05, 0.1) is 12.0 Å². The lowest BCUT2D eigenvalue weighted by atomic mass is 9.87. The minimum atomic E-state index is -3.70. The van der Waals surface area contributed by atoms with Crippen LogP contribution in [-0.2, 0) is 14.8 Å². The molecule has 1 heterocycles. The molecule has 1 aromatic carbocycles. The van der Waals surface area contributed by atoms with Crippen molar-refractivity contribution in [2.24, 2.45) is 5.92 Å². The number of amides is 1.